The van der Waals surface area contributed by atoms with Gasteiger partial charge in [-0.3, -0.25) is 9.79 Å². The number of carbonyl (C=O) groups excluding carboxylic acids is 1. The Hall–Kier alpha value is -1.95. The molecule has 0 aromatic heterocycles. The highest BCUT2D eigenvalue weighted by atomic mass is 35.5. The number of hydrogen-bond donors (Lipinski definition) is 1. The number of methoxy groups -OCH3 is 1. The number of carbonyl (C=O) groups is 1. The summed E-state index contributed by atoms with van der Waals surface area (Å²) in [6.45, 7) is 4.49. The smallest absolute Gasteiger partial charge is 0.305 e. The number of esters is 1. The van der Waals surface area contributed by atoms with Crippen molar-refractivity contribution in [1.82, 2.24) is 10.2 Å². The Morgan fingerprint density at radius 1 is 1.28 bits per heavy atom. The van der Waals surface area contributed by atoms with Crippen molar-refractivity contribution >= 4 is 29.2 Å². The number of benzene rings is 1. The van der Waals surface area contributed by atoms with Crippen molar-refractivity contribution in [2.75, 3.05) is 51.8 Å². The van der Waals surface area contributed by atoms with E-state index in [0.29, 0.717) is 6.42 Å². The number of unbranched alkanes of at least 4 members (excludes halogenated alkanes) is 1. The second-order valence-corrected chi connectivity index (χ2v) is 6.40. The van der Waals surface area contributed by atoms with E-state index in [1.165, 1.54) is 7.11 Å². The molecule has 1 aromatic rings. The van der Waals surface area contributed by atoms with Gasteiger partial charge >= 0.3 is 5.97 Å². The first-order valence-corrected chi connectivity index (χ1v) is 9.04. The molecule has 1 heterocycles. The lowest BCUT2D eigenvalue weighted by Gasteiger charge is -2.37. The Balaban J connectivity index is 1.73. The van der Waals surface area contributed by atoms with Gasteiger partial charge in [0.25, 0.3) is 0 Å². The zero-order valence-corrected chi connectivity index (χ0v) is 15.8. The molecule has 0 radical (unpaired) electrons. The van der Waals surface area contributed by atoms with E-state index in [2.05, 4.69) is 30.9 Å². The number of nitrogens with one attached hydrogen (secondary N) is 1. The largest absolute Gasteiger partial charge is 0.469 e. The lowest BCUT2D eigenvalue weighted by molar-refractivity contribution is -0.140. The summed E-state index contributed by atoms with van der Waals surface area (Å²) in [6, 6.07) is 7.98. The Morgan fingerprint density at radius 2 is 2.04 bits per heavy atom. The molecular formula is C18H27ClN4O2. The molecule has 0 bridgehead atoms. The molecule has 1 aliphatic rings. The fourth-order valence-corrected chi connectivity index (χ4v) is 3.06. The number of ether oxygens (including phenoxy) is 1. The SMILES string of the molecule is CN=C(NCCCCC(=O)OC)N1CCN(c2cccc(Cl)c2)CC1. The number of anilines is 1. The average Bonchev–Trinajstić information content (AvgIpc) is 2.64. The first-order valence-electron chi connectivity index (χ1n) is 8.67. The first-order chi connectivity index (χ1) is 12.1. The minimum absolute atomic E-state index is 0.151. The predicted octanol–water partition coefficient (Wildman–Crippen LogP) is 2.38. The fourth-order valence-electron chi connectivity index (χ4n) is 2.88. The second kappa shape index (κ2) is 10.1. The number of guanidine groups is 1. The van der Waals surface area contributed by atoms with Crippen LogP contribution < -0.4 is 10.2 Å². The minimum Gasteiger partial charge on any atom is -0.469 e. The maximum absolute atomic E-state index is 11.1. The highest BCUT2D eigenvalue weighted by Gasteiger charge is 2.19. The summed E-state index contributed by atoms with van der Waals surface area (Å²) in [5.41, 5.74) is 1.16. The standard InChI is InChI=1S/C18H27ClN4O2/c1-20-18(21-9-4-3-8-17(24)25-2)23-12-10-22(11-13-23)16-7-5-6-15(19)14-16/h5-7,14H,3-4,8-13H2,1-2H3,(H,20,21). The quantitative estimate of drug-likeness (QED) is 0.362. The molecule has 0 aliphatic carbocycles. The van der Waals surface area contributed by atoms with Gasteiger partial charge in [0.1, 0.15) is 0 Å². The van der Waals surface area contributed by atoms with Crippen molar-refractivity contribution in [1.29, 1.82) is 0 Å². The van der Waals surface area contributed by atoms with Gasteiger partial charge in [0.05, 0.1) is 7.11 Å². The fraction of sp³-hybridized carbons (Fsp3) is 0.556. The van der Waals surface area contributed by atoms with Gasteiger partial charge in [0.2, 0.25) is 0 Å². The van der Waals surface area contributed by atoms with Crippen LogP contribution in [0.5, 0.6) is 0 Å². The molecule has 7 heteroatoms. The second-order valence-electron chi connectivity index (χ2n) is 5.96. The summed E-state index contributed by atoms with van der Waals surface area (Å²) in [4.78, 5) is 20.1. The van der Waals surface area contributed by atoms with Crippen LogP contribution in [0.25, 0.3) is 0 Å². The van der Waals surface area contributed by atoms with E-state index in [1.807, 2.05) is 18.2 Å². The Morgan fingerprint density at radius 3 is 2.68 bits per heavy atom. The van der Waals surface area contributed by atoms with Gasteiger partial charge in [-0.25, -0.2) is 0 Å². The van der Waals surface area contributed by atoms with E-state index in [9.17, 15) is 4.79 Å². The van der Waals surface area contributed by atoms with E-state index in [-0.39, 0.29) is 5.97 Å². The molecule has 1 saturated heterocycles. The molecule has 0 spiro atoms. The van der Waals surface area contributed by atoms with E-state index in [1.54, 1.807) is 7.05 Å². The van der Waals surface area contributed by atoms with Crippen LogP contribution in [0.4, 0.5) is 5.69 Å². The molecule has 0 saturated carbocycles. The Kier molecular flexibility index (Phi) is 7.85. The number of nitrogens with zero attached hydrogens (tertiary/aromatic N) is 3. The molecule has 1 N–H and O–H groups in total. The molecular weight excluding hydrogens is 340 g/mol. The average molecular weight is 367 g/mol. The van der Waals surface area contributed by atoms with Crippen LogP contribution in [0.3, 0.4) is 0 Å². The zero-order chi connectivity index (χ0) is 18.1. The van der Waals surface area contributed by atoms with E-state index in [0.717, 1.165) is 62.2 Å². The highest BCUT2D eigenvalue weighted by molar-refractivity contribution is 6.30. The van der Waals surface area contributed by atoms with Crippen LogP contribution in [0, 0.1) is 0 Å². The molecule has 138 valence electrons. The van der Waals surface area contributed by atoms with E-state index in [4.69, 9.17) is 11.6 Å². The number of hydrogen-bond acceptors (Lipinski definition) is 4. The van der Waals surface area contributed by atoms with Gasteiger partial charge in [-0.05, 0) is 31.0 Å². The number of halogens is 1. The zero-order valence-electron chi connectivity index (χ0n) is 15.0. The van der Waals surface area contributed by atoms with E-state index >= 15 is 0 Å². The third-order valence-corrected chi connectivity index (χ3v) is 4.52. The van der Waals surface area contributed by atoms with Crippen molar-refractivity contribution in [3.8, 4) is 0 Å². The summed E-state index contributed by atoms with van der Waals surface area (Å²) in [7, 11) is 3.23. The van der Waals surface area contributed by atoms with Crippen LogP contribution >= 0.6 is 11.6 Å². The third-order valence-electron chi connectivity index (χ3n) is 4.28. The minimum atomic E-state index is -0.151. The van der Waals surface area contributed by atoms with Gasteiger partial charge in [0, 0.05) is 56.9 Å². The van der Waals surface area contributed by atoms with Crippen molar-refractivity contribution < 1.29 is 9.53 Å². The highest BCUT2D eigenvalue weighted by Crippen LogP contribution is 2.20. The summed E-state index contributed by atoms with van der Waals surface area (Å²) in [5.74, 6) is 0.769. The lowest BCUT2D eigenvalue weighted by Crippen LogP contribution is -2.52. The summed E-state index contributed by atoms with van der Waals surface area (Å²) in [6.07, 6.45) is 2.20. The van der Waals surface area contributed by atoms with Crippen LogP contribution in [0.1, 0.15) is 19.3 Å². The molecule has 1 aliphatic heterocycles. The lowest BCUT2D eigenvalue weighted by atomic mass is 10.2. The topological polar surface area (TPSA) is 57.2 Å². The van der Waals surface area contributed by atoms with Gasteiger partial charge in [0.15, 0.2) is 5.96 Å². The summed E-state index contributed by atoms with van der Waals surface area (Å²) < 4.78 is 4.64. The van der Waals surface area contributed by atoms with Gasteiger partial charge in [-0.1, -0.05) is 17.7 Å². The van der Waals surface area contributed by atoms with Gasteiger partial charge < -0.3 is 19.9 Å². The first kappa shape index (κ1) is 19.4. The van der Waals surface area contributed by atoms with Crippen LogP contribution in [-0.4, -0.2) is 63.7 Å². The molecule has 25 heavy (non-hydrogen) atoms. The molecule has 1 aromatic carbocycles. The van der Waals surface area contributed by atoms with Crippen molar-refractivity contribution in [3.63, 3.8) is 0 Å². The van der Waals surface area contributed by atoms with Crippen molar-refractivity contribution in [2.45, 2.75) is 19.3 Å². The van der Waals surface area contributed by atoms with Crippen LogP contribution in [-0.2, 0) is 9.53 Å². The molecule has 2 rings (SSSR count). The summed E-state index contributed by atoms with van der Waals surface area (Å²) in [5, 5.41) is 4.15. The Bertz CT molecular complexity index is 586. The van der Waals surface area contributed by atoms with Crippen molar-refractivity contribution in [2.24, 2.45) is 4.99 Å². The van der Waals surface area contributed by atoms with Gasteiger partial charge in [-0.15, -0.1) is 0 Å². The maximum Gasteiger partial charge on any atom is 0.305 e. The number of rotatable bonds is 6. The molecule has 0 amide bonds. The monoisotopic (exact) mass is 366 g/mol. The predicted molar refractivity (Wildman–Crippen MR) is 102 cm³/mol. The molecule has 0 atom stereocenters. The molecule has 6 nitrogen and oxygen atoms in total. The van der Waals surface area contributed by atoms with Crippen LogP contribution in [0.2, 0.25) is 5.02 Å². The number of aliphatic imine (C=N–C) groups is 1. The third kappa shape index (κ3) is 6.12. The van der Waals surface area contributed by atoms with Crippen LogP contribution in [0.15, 0.2) is 29.3 Å². The molecule has 0 unspecified atom stereocenters. The van der Waals surface area contributed by atoms with Crippen molar-refractivity contribution in [3.05, 3.63) is 29.3 Å². The maximum atomic E-state index is 11.1. The van der Waals surface area contributed by atoms with Gasteiger partial charge in [-0.2, -0.15) is 0 Å². The summed E-state index contributed by atoms with van der Waals surface area (Å²) >= 11 is 6.08. The number of piperazine rings is 1. The Labute approximate surface area is 154 Å². The van der Waals surface area contributed by atoms with E-state index < -0.39 is 0 Å². The molecule has 1 fully saturated rings. The normalized spacial score (nSPS) is 15.2.